The number of nitrogen functional groups attached to an aromatic ring is 1. The number of nitrogens with zero attached hydrogens (tertiary/aromatic N) is 1. The van der Waals surface area contributed by atoms with E-state index in [9.17, 15) is 13.2 Å². The lowest BCUT2D eigenvalue weighted by Gasteiger charge is -2.25. The minimum atomic E-state index is -3.42. The molecule has 1 aliphatic heterocycles. The van der Waals surface area contributed by atoms with Gasteiger partial charge in [-0.3, -0.25) is 4.79 Å². The van der Waals surface area contributed by atoms with Crippen molar-refractivity contribution in [1.82, 2.24) is 4.31 Å². The topological polar surface area (TPSA) is 92.5 Å². The highest BCUT2D eigenvalue weighted by atomic mass is 32.2. The highest BCUT2D eigenvalue weighted by molar-refractivity contribution is 7.89. The van der Waals surface area contributed by atoms with Gasteiger partial charge >= 0.3 is 0 Å². The number of hydrogen-bond donors (Lipinski definition) is 2. The van der Waals surface area contributed by atoms with Crippen molar-refractivity contribution in [3.63, 3.8) is 0 Å². The molecule has 1 fully saturated rings. The van der Waals surface area contributed by atoms with E-state index in [1.807, 2.05) is 12.1 Å². The van der Waals surface area contributed by atoms with Crippen molar-refractivity contribution in [2.24, 2.45) is 0 Å². The number of piperidine rings is 1. The number of benzene rings is 2. The summed E-state index contributed by atoms with van der Waals surface area (Å²) in [6.07, 6.45) is 3.74. The van der Waals surface area contributed by atoms with Crippen LogP contribution in [-0.2, 0) is 21.2 Å². The fourth-order valence-corrected chi connectivity index (χ4v) is 4.68. The molecule has 0 radical (unpaired) electrons. The third-order valence-corrected chi connectivity index (χ3v) is 6.66. The Labute approximate surface area is 160 Å². The van der Waals surface area contributed by atoms with Crippen molar-refractivity contribution in [2.75, 3.05) is 24.1 Å². The van der Waals surface area contributed by atoms with E-state index in [4.69, 9.17) is 5.73 Å². The molecule has 1 saturated heterocycles. The van der Waals surface area contributed by atoms with Crippen LogP contribution in [-0.4, -0.2) is 31.7 Å². The average molecular weight is 388 g/mol. The van der Waals surface area contributed by atoms with E-state index in [2.05, 4.69) is 5.32 Å². The molecule has 2 aromatic rings. The van der Waals surface area contributed by atoms with Crippen LogP contribution in [0.3, 0.4) is 0 Å². The summed E-state index contributed by atoms with van der Waals surface area (Å²) < 4.78 is 26.9. The second kappa shape index (κ2) is 8.54. The predicted octanol–water partition coefficient (Wildman–Crippen LogP) is 3.01. The minimum Gasteiger partial charge on any atom is -0.397 e. The summed E-state index contributed by atoms with van der Waals surface area (Å²) in [7, 11) is -3.42. The number of nitrogens with one attached hydrogen (secondary N) is 1. The number of rotatable bonds is 6. The fourth-order valence-electron chi connectivity index (χ4n) is 3.16. The molecular formula is C20H25N3O3S. The molecule has 1 aliphatic rings. The van der Waals surface area contributed by atoms with Crippen LogP contribution < -0.4 is 11.1 Å². The van der Waals surface area contributed by atoms with Crippen molar-refractivity contribution in [3.8, 4) is 0 Å². The molecule has 0 aliphatic carbocycles. The Hall–Kier alpha value is -2.38. The monoisotopic (exact) mass is 387 g/mol. The van der Waals surface area contributed by atoms with E-state index in [0.717, 1.165) is 24.8 Å². The first-order valence-corrected chi connectivity index (χ1v) is 10.6. The van der Waals surface area contributed by atoms with Gasteiger partial charge in [0, 0.05) is 19.5 Å². The lowest BCUT2D eigenvalue weighted by Crippen LogP contribution is -2.35. The van der Waals surface area contributed by atoms with Gasteiger partial charge < -0.3 is 11.1 Å². The summed E-state index contributed by atoms with van der Waals surface area (Å²) in [5, 5.41) is 2.79. The molecule has 0 saturated carbocycles. The van der Waals surface area contributed by atoms with E-state index in [1.54, 1.807) is 40.7 Å². The smallest absolute Gasteiger partial charge is 0.243 e. The maximum Gasteiger partial charge on any atom is 0.243 e. The van der Waals surface area contributed by atoms with Gasteiger partial charge in [-0.1, -0.05) is 30.7 Å². The standard InChI is InChI=1S/C20H25N3O3S/c21-18-6-2-3-7-19(18)22-20(24)13-10-16-8-11-17(12-9-16)27(25,26)23-14-4-1-5-15-23/h2-3,6-9,11-12H,1,4-5,10,13-15,21H2,(H,22,24). The van der Waals surface area contributed by atoms with Crippen LogP contribution in [0.4, 0.5) is 11.4 Å². The molecule has 0 atom stereocenters. The minimum absolute atomic E-state index is 0.127. The molecule has 1 amide bonds. The van der Waals surface area contributed by atoms with Gasteiger partial charge in [0.05, 0.1) is 16.3 Å². The Morgan fingerprint density at radius 3 is 2.33 bits per heavy atom. The summed E-state index contributed by atoms with van der Waals surface area (Å²) in [6.45, 7) is 1.18. The van der Waals surface area contributed by atoms with Gasteiger partial charge in [0.1, 0.15) is 0 Å². The summed E-state index contributed by atoms with van der Waals surface area (Å²) in [5.74, 6) is -0.127. The molecule has 3 rings (SSSR count). The van der Waals surface area contributed by atoms with E-state index < -0.39 is 10.0 Å². The number of sulfonamides is 1. The Morgan fingerprint density at radius 1 is 1.00 bits per heavy atom. The number of amides is 1. The van der Waals surface area contributed by atoms with Crippen LogP contribution >= 0.6 is 0 Å². The quantitative estimate of drug-likeness (QED) is 0.745. The zero-order chi connectivity index (χ0) is 19.3. The van der Waals surface area contributed by atoms with Crippen molar-refractivity contribution in [2.45, 2.75) is 37.0 Å². The van der Waals surface area contributed by atoms with E-state index >= 15 is 0 Å². The van der Waals surface area contributed by atoms with Crippen molar-refractivity contribution >= 4 is 27.3 Å². The lowest BCUT2D eigenvalue weighted by atomic mass is 10.1. The number of para-hydroxylation sites is 2. The van der Waals surface area contributed by atoms with E-state index in [1.165, 1.54) is 0 Å². The highest BCUT2D eigenvalue weighted by Gasteiger charge is 2.25. The molecule has 2 aromatic carbocycles. The van der Waals surface area contributed by atoms with Crippen LogP contribution in [0.5, 0.6) is 0 Å². The molecule has 0 spiro atoms. The number of anilines is 2. The second-order valence-electron chi connectivity index (χ2n) is 6.74. The second-order valence-corrected chi connectivity index (χ2v) is 8.68. The van der Waals surface area contributed by atoms with Gasteiger partial charge in [-0.15, -0.1) is 0 Å². The summed E-state index contributed by atoms with van der Waals surface area (Å²) in [6, 6.07) is 13.9. The Kier molecular flexibility index (Phi) is 6.13. The maximum absolute atomic E-state index is 12.6. The zero-order valence-corrected chi connectivity index (χ0v) is 16.0. The van der Waals surface area contributed by atoms with Crippen molar-refractivity contribution in [3.05, 3.63) is 54.1 Å². The molecule has 27 heavy (non-hydrogen) atoms. The fraction of sp³-hybridized carbons (Fsp3) is 0.350. The van der Waals surface area contributed by atoms with Crippen molar-refractivity contribution < 1.29 is 13.2 Å². The first kappa shape index (κ1) is 19.4. The zero-order valence-electron chi connectivity index (χ0n) is 15.2. The van der Waals surface area contributed by atoms with Crippen LogP contribution in [0.25, 0.3) is 0 Å². The highest BCUT2D eigenvalue weighted by Crippen LogP contribution is 2.21. The van der Waals surface area contributed by atoms with Crippen LogP contribution in [0, 0.1) is 0 Å². The van der Waals surface area contributed by atoms with Gasteiger partial charge in [0.15, 0.2) is 0 Å². The van der Waals surface area contributed by atoms with Gasteiger partial charge in [-0.05, 0) is 49.1 Å². The number of nitrogens with two attached hydrogens (primary N) is 1. The number of aryl methyl sites for hydroxylation is 1. The third-order valence-electron chi connectivity index (χ3n) is 4.75. The SMILES string of the molecule is Nc1ccccc1NC(=O)CCc1ccc(S(=O)(=O)N2CCCCC2)cc1. The number of hydrogen-bond acceptors (Lipinski definition) is 4. The summed E-state index contributed by atoms with van der Waals surface area (Å²) >= 11 is 0. The molecular weight excluding hydrogens is 362 g/mol. The molecule has 3 N–H and O–H groups in total. The number of carbonyl (C=O) groups is 1. The summed E-state index contributed by atoms with van der Waals surface area (Å²) in [4.78, 5) is 12.4. The van der Waals surface area contributed by atoms with Crippen molar-refractivity contribution in [1.29, 1.82) is 0 Å². The maximum atomic E-state index is 12.6. The third kappa shape index (κ3) is 4.87. The normalized spacial score (nSPS) is 15.4. The molecule has 6 nitrogen and oxygen atoms in total. The lowest BCUT2D eigenvalue weighted by molar-refractivity contribution is -0.116. The molecule has 144 valence electrons. The molecule has 7 heteroatoms. The first-order chi connectivity index (χ1) is 13.0. The first-order valence-electron chi connectivity index (χ1n) is 9.20. The summed E-state index contributed by atoms with van der Waals surface area (Å²) in [5.41, 5.74) is 7.87. The van der Waals surface area contributed by atoms with E-state index in [0.29, 0.717) is 42.2 Å². The molecule has 0 aromatic heterocycles. The predicted molar refractivity (Wildman–Crippen MR) is 107 cm³/mol. The molecule has 1 heterocycles. The average Bonchev–Trinajstić information content (AvgIpc) is 2.69. The molecule has 0 unspecified atom stereocenters. The van der Waals surface area contributed by atoms with Crippen LogP contribution in [0.1, 0.15) is 31.2 Å². The van der Waals surface area contributed by atoms with Gasteiger partial charge in [-0.25, -0.2) is 8.42 Å². The molecule has 0 bridgehead atoms. The van der Waals surface area contributed by atoms with Crippen LogP contribution in [0.2, 0.25) is 0 Å². The van der Waals surface area contributed by atoms with Crippen LogP contribution in [0.15, 0.2) is 53.4 Å². The van der Waals surface area contributed by atoms with Gasteiger partial charge in [0.25, 0.3) is 0 Å². The van der Waals surface area contributed by atoms with Gasteiger partial charge in [-0.2, -0.15) is 4.31 Å². The van der Waals surface area contributed by atoms with Gasteiger partial charge in [0.2, 0.25) is 15.9 Å². The Balaban J connectivity index is 1.57. The van der Waals surface area contributed by atoms with E-state index in [-0.39, 0.29) is 5.91 Å². The number of carbonyl (C=O) groups excluding carboxylic acids is 1. The Bertz CT molecular complexity index is 889. The Morgan fingerprint density at radius 2 is 1.67 bits per heavy atom. The largest absolute Gasteiger partial charge is 0.397 e.